The molecule has 0 radical (unpaired) electrons. The molecular weight excluding hydrogens is 278 g/mol. The number of Topliss-reactive ketones (excluding diaryl/α,β-unsaturated/α-hetero) is 1. The van der Waals surface area contributed by atoms with Crippen molar-refractivity contribution in [2.45, 2.75) is 32.6 Å². The van der Waals surface area contributed by atoms with Gasteiger partial charge in [-0.3, -0.25) is 4.79 Å². The molecular formula is C18H19NO3. The topological polar surface area (TPSA) is 59.2 Å². The fourth-order valence-electron chi connectivity index (χ4n) is 3.21. The first-order valence-corrected chi connectivity index (χ1v) is 7.40. The molecule has 0 aliphatic heterocycles. The Bertz CT molecular complexity index is 740. The van der Waals surface area contributed by atoms with E-state index in [0.717, 1.165) is 17.7 Å². The van der Waals surface area contributed by atoms with Gasteiger partial charge in [0.2, 0.25) is 0 Å². The van der Waals surface area contributed by atoms with Gasteiger partial charge in [0.15, 0.2) is 5.78 Å². The molecule has 2 aromatic rings. The Kier molecular flexibility index (Phi) is 3.61. The maximum absolute atomic E-state index is 12.5. The van der Waals surface area contributed by atoms with Crippen molar-refractivity contribution in [3.63, 3.8) is 0 Å². The quantitative estimate of drug-likeness (QED) is 0.865. The van der Waals surface area contributed by atoms with Crippen molar-refractivity contribution in [1.29, 1.82) is 0 Å². The molecule has 4 heteroatoms. The Morgan fingerprint density at radius 1 is 1.18 bits per heavy atom. The SMILES string of the molecule is COC(=O)c1[nH]c2c(c1C)C(=O)C[C@@H](c1ccc(C)cc1)C2. The summed E-state index contributed by atoms with van der Waals surface area (Å²) in [5.41, 5.74) is 4.98. The lowest BCUT2D eigenvalue weighted by atomic mass is 9.81. The highest BCUT2D eigenvalue weighted by Crippen LogP contribution is 2.35. The van der Waals surface area contributed by atoms with Gasteiger partial charge in [0.25, 0.3) is 0 Å². The fourth-order valence-corrected chi connectivity index (χ4v) is 3.21. The summed E-state index contributed by atoms with van der Waals surface area (Å²) in [6.45, 7) is 3.84. The standard InChI is InChI=1S/C18H19NO3/c1-10-4-6-12(7-5-10)13-8-14-16(15(20)9-13)11(2)17(19-14)18(21)22-3/h4-7,13,19H,8-9H2,1-3H3/t13-/m0/s1. The van der Waals surface area contributed by atoms with Crippen molar-refractivity contribution in [2.24, 2.45) is 0 Å². The van der Waals surface area contributed by atoms with Crippen molar-refractivity contribution in [2.75, 3.05) is 7.11 Å². The number of carbonyl (C=O) groups is 2. The van der Waals surface area contributed by atoms with Crippen molar-refractivity contribution < 1.29 is 14.3 Å². The average Bonchev–Trinajstić information content (AvgIpc) is 2.84. The van der Waals surface area contributed by atoms with E-state index < -0.39 is 5.97 Å². The van der Waals surface area contributed by atoms with E-state index in [1.54, 1.807) is 6.92 Å². The van der Waals surface area contributed by atoms with Crippen LogP contribution in [0.1, 0.15) is 55.6 Å². The molecule has 1 aromatic carbocycles. The zero-order valence-corrected chi connectivity index (χ0v) is 13.0. The second-order valence-corrected chi connectivity index (χ2v) is 5.91. The first kappa shape index (κ1) is 14.6. The average molecular weight is 297 g/mol. The molecule has 0 fully saturated rings. The van der Waals surface area contributed by atoms with Crippen molar-refractivity contribution in [3.8, 4) is 0 Å². The molecule has 1 atom stereocenters. The largest absolute Gasteiger partial charge is 0.464 e. The van der Waals surface area contributed by atoms with Gasteiger partial charge in [-0.15, -0.1) is 0 Å². The minimum absolute atomic E-state index is 0.0933. The third kappa shape index (κ3) is 2.34. The Morgan fingerprint density at radius 3 is 2.50 bits per heavy atom. The molecule has 3 rings (SSSR count). The number of aryl methyl sites for hydroxylation is 1. The molecule has 1 N–H and O–H groups in total. The lowest BCUT2D eigenvalue weighted by molar-refractivity contribution is 0.0593. The Morgan fingerprint density at radius 2 is 1.86 bits per heavy atom. The van der Waals surface area contributed by atoms with Crippen LogP contribution in [0.3, 0.4) is 0 Å². The van der Waals surface area contributed by atoms with E-state index in [9.17, 15) is 9.59 Å². The van der Waals surface area contributed by atoms with Gasteiger partial charge in [-0.2, -0.15) is 0 Å². The van der Waals surface area contributed by atoms with Gasteiger partial charge in [0.05, 0.1) is 7.11 Å². The van der Waals surface area contributed by atoms with Crippen LogP contribution in [0.4, 0.5) is 0 Å². The van der Waals surface area contributed by atoms with Crippen LogP contribution in [-0.2, 0) is 11.2 Å². The Balaban J connectivity index is 1.97. The smallest absolute Gasteiger partial charge is 0.354 e. The zero-order chi connectivity index (χ0) is 15.9. The monoisotopic (exact) mass is 297 g/mol. The van der Waals surface area contributed by atoms with E-state index in [1.807, 2.05) is 6.92 Å². The van der Waals surface area contributed by atoms with E-state index in [4.69, 9.17) is 4.74 Å². The summed E-state index contributed by atoms with van der Waals surface area (Å²) in [4.78, 5) is 27.4. The summed E-state index contributed by atoms with van der Waals surface area (Å²) in [5, 5.41) is 0. The van der Waals surface area contributed by atoms with Crippen LogP contribution >= 0.6 is 0 Å². The molecule has 0 spiro atoms. The molecule has 114 valence electrons. The summed E-state index contributed by atoms with van der Waals surface area (Å²) in [5.74, 6) is -0.175. The summed E-state index contributed by atoms with van der Waals surface area (Å²) in [6, 6.07) is 8.29. The van der Waals surface area contributed by atoms with Gasteiger partial charge in [-0.1, -0.05) is 29.8 Å². The Hall–Kier alpha value is -2.36. The number of aromatic amines is 1. The fraction of sp³-hybridized carbons (Fsp3) is 0.333. The molecule has 0 saturated heterocycles. The first-order valence-electron chi connectivity index (χ1n) is 7.40. The highest BCUT2D eigenvalue weighted by molar-refractivity contribution is 6.03. The predicted molar refractivity (Wildman–Crippen MR) is 83.4 cm³/mol. The summed E-state index contributed by atoms with van der Waals surface area (Å²) in [7, 11) is 1.35. The van der Waals surface area contributed by atoms with Gasteiger partial charge in [-0.05, 0) is 37.3 Å². The van der Waals surface area contributed by atoms with E-state index >= 15 is 0 Å². The molecule has 22 heavy (non-hydrogen) atoms. The number of rotatable bonds is 2. The van der Waals surface area contributed by atoms with Crippen LogP contribution in [0.25, 0.3) is 0 Å². The number of ether oxygens (including phenoxy) is 1. The van der Waals surface area contributed by atoms with Crippen molar-refractivity contribution in [1.82, 2.24) is 4.98 Å². The molecule has 0 bridgehead atoms. The van der Waals surface area contributed by atoms with Crippen LogP contribution < -0.4 is 0 Å². The predicted octanol–water partition coefficient (Wildman–Crippen LogP) is 3.33. The van der Waals surface area contributed by atoms with Crippen molar-refractivity contribution in [3.05, 3.63) is 57.9 Å². The molecule has 4 nitrogen and oxygen atoms in total. The van der Waals surface area contributed by atoms with E-state index in [0.29, 0.717) is 23.2 Å². The molecule has 0 amide bonds. The maximum atomic E-state index is 12.5. The molecule has 0 saturated carbocycles. The lowest BCUT2D eigenvalue weighted by Crippen LogP contribution is -2.18. The van der Waals surface area contributed by atoms with Crippen LogP contribution in [0.15, 0.2) is 24.3 Å². The molecule has 1 aromatic heterocycles. The zero-order valence-electron chi connectivity index (χ0n) is 13.0. The number of carbonyl (C=O) groups excluding carboxylic acids is 2. The third-order valence-electron chi connectivity index (χ3n) is 4.43. The molecule has 1 aliphatic rings. The molecule has 0 unspecified atom stereocenters. The summed E-state index contributed by atoms with van der Waals surface area (Å²) in [6.07, 6.45) is 1.22. The summed E-state index contributed by atoms with van der Waals surface area (Å²) >= 11 is 0. The lowest BCUT2D eigenvalue weighted by Gasteiger charge is -2.22. The molecule has 1 aliphatic carbocycles. The number of fused-ring (bicyclic) bond motifs is 1. The number of methoxy groups -OCH3 is 1. The second-order valence-electron chi connectivity index (χ2n) is 5.91. The van der Waals surface area contributed by atoms with Crippen LogP contribution in [0.5, 0.6) is 0 Å². The van der Waals surface area contributed by atoms with E-state index in [-0.39, 0.29) is 11.7 Å². The number of aromatic nitrogens is 1. The van der Waals surface area contributed by atoms with Crippen LogP contribution in [0.2, 0.25) is 0 Å². The first-order chi connectivity index (χ1) is 10.5. The number of hydrogen-bond acceptors (Lipinski definition) is 3. The number of nitrogens with one attached hydrogen (secondary N) is 1. The minimum Gasteiger partial charge on any atom is -0.464 e. The normalized spacial score (nSPS) is 17.2. The summed E-state index contributed by atoms with van der Waals surface area (Å²) < 4.78 is 4.77. The number of ketones is 1. The highest BCUT2D eigenvalue weighted by Gasteiger charge is 2.32. The Labute approximate surface area is 129 Å². The van der Waals surface area contributed by atoms with Crippen molar-refractivity contribution >= 4 is 11.8 Å². The maximum Gasteiger partial charge on any atom is 0.354 e. The van der Waals surface area contributed by atoms with Gasteiger partial charge in [0, 0.05) is 17.7 Å². The van der Waals surface area contributed by atoms with Crippen LogP contribution in [-0.4, -0.2) is 23.8 Å². The highest BCUT2D eigenvalue weighted by atomic mass is 16.5. The third-order valence-corrected chi connectivity index (χ3v) is 4.43. The number of benzene rings is 1. The molecule has 1 heterocycles. The van der Waals surface area contributed by atoms with E-state index in [1.165, 1.54) is 12.7 Å². The second kappa shape index (κ2) is 5.44. The number of hydrogen-bond donors (Lipinski definition) is 1. The number of H-pyrrole nitrogens is 1. The van der Waals surface area contributed by atoms with Gasteiger partial charge >= 0.3 is 5.97 Å². The van der Waals surface area contributed by atoms with Gasteiger partial charge in [-0.25, -0.2) is 4.79 Å². The number of esters is 1. The van der Waals surface area contributed by atoms with Crippen LogP contribution in [0, 0.1) is 13.8 Å². The van der Waals surface area contributed by atoms with Gasteiger partial charge in [0.1, 0.15) is 5.69 Å². The van der Waals surface area contributed by atoms with Gasteiger partial charge < -0.3 is 9.72 Å². The van der Waals surface area contributed by atoms with E-state index in [2.05, 4.69) is 29.2 Å². The minimum atomic E-state index is -0.424.